The van der Waals surface area contributed by atoms with E-state index in [9.17, 15) is 5.11 Å². The molecule has 0 aliphatic carbocycles. The lowest BCUT2D eigenvalue weighted by Gasteiger charge is -2.07. The minimum atomic E-state index is -0.473. The summed E-state index contributed by atoms with van der Waals surface area (Å²) in [5.41, 5.74) is 2.01. The predicted octanol–water partition coefficient (Wildman–Crippen LogP) is 3.12. The van der Waals surface area contributed by atoms with Gasteiger partial charge in [-0.3, -0.25) is 4.98 Å². The van der Waals surface area contributed by atoms with Gasteiger partial charge in [-0.15, -0.1) is 11.3 Å². The number of thiazole rings is 1. The summed E-state index contributed by atoms with van der Waals surface area (Å²) in [5.74, 6) is 0.753. The topological polar surface area (TPSA) is 55.2 Å². The smallest absolute Gasteiger partial charge is 0.124 e. The van der Waals surface area contributed by atoms with Gasteiger partial charge in [0.25, 0.3) is 0 Å². The summed E-state index contributed by atoms with van der Waals surface area (Å²) >= 11 is 1.62. The van der Waals surface area contributed by atoms with Crippen molar-refractivity contribution >= 4 is 21.6 Å². The Morgan fingerprint density at radius 2 is 2.05 bits per heavy atom. The van der Waals surface area contributed by atoms with Gasteiger partial charge in [-0.1, -0.05) is 0 Å². The van der Waals surface area contributed by atoms with Crippen LogP contribution in [0, 0.1) is 0 Å². The van der Waals surface area contributed by atoms with Crippen LogP contribution < -0.4 is 4.74 Å². The summed E-state index contributed by atoms with van der Waals surface area (Å²) < 4.78 is 6.58. The zero-order valence-electron chi connectivity index (χ0n) is 11.0. The predicted molar refractivity (Wildman–Crippen MR) is 80.0 cm³/mol. The molecule has 1 N–H and O–H groups in total. The number of ether oxygens (including phenoxy) is 1. The van der Waals surface area contributed by atoms with Gasteiger partial charge >= 0.3 is 0 Å². The van der Waals surface area contributed by atoms with E-state index in [1.165, 1.54) is 0 Å². The lowest BCUT2D eigenvalue weighted by atomic mass is 10.3. The van der Waals surface area contributed by atoms with Crippen LogP contribution >= 0.6 is 11.3 Å². The molecule has 0 fully saturated rings. The van der Waals surface area contributed by atoms with Crippen molar-refractivity contribution in [2.45, 2.75) is 13.0 Å². The Morgan fingerprint density at radius 3 is 2.80 bits per heavy atom. The number of aromatic nitrogens is 2. The summed E-state index contributed by atoms with van der Waals surface area (Å²) in [7, 11) is 0. The summed E-state index contributed by atoms with van der Waals surface area (Å²) in [6, 6.07) is 9.67. The van der Waals surface area contributed by atoms with E-state index in [0.717, 1.165) is 26.5 Å². The van der Waals surface area contributed by atoms with Crippen LogP contribution in [0.15, 0.2) is 42.7 Å². The highest BCUT2D eigenvalue weighted by atomic mass is 32.1. The summed E-state index contributed by atoms with van der Waals surface area (Å²) in [5, 5.41) is 10.2. The van der Waals surface area contributed by atoms with Gasteiger partial charge in [0.2, 0.25) is 0 Å². The van der Waals surface area contributed by atoms with Crippen LogP contribution in [-0.2, 0) is 0 Å². The van der Waals surface area contributed by atoms with Crippen LogP contribution in [0.1, 0.15) is 6.92 Å². The van der Waals surface area contributed by atoms with Gasteiger partial charge in [-0.25, -0.2) is 4.98 Å². The zero-order valence-corrected chi connectivity index (χ0v) is 11.8. The van der Waals surface area contributed by atoms with Crippen molar-refractivity contribution in [2.75, 3.05) is 6.61 Å². The zero-order chi connectivity index (χ0) is 13.9. The first-order valence-electron chi connectivity index (χ1n) is 6.34. The monoisotopic (exact) mass is 286 g/mol. The first-order valence-corrected chi connectivity index (χ1v) is 7.16. The summed E-state index contributed by atoms with van der Waals surface area (Å²) in [4.78, 5) is 8.62. The van der Waals surface area contributed by atoms with E-state index in [-0.39, 0.29) is 0 Å². The minimum Gasteiger partial charge on any atom is -0.491 e. The second kappa shape index (κ2) is 5.56. The second-order valence-corrected chi connectivity index (χ2v) is 5.58. The molecule has 1 atom stereocenters. The lowest BCUT2D eigenvalue weighted by molar-refractivity contribution is 0.123. The maximum Gasteiger partial charge on any atom is 0.124 e. The molecule has 1 unspecified atom stereocenters. The molecule has 0 aliphatic rings. The third-order valence-corrected chi connectivity index (χ3v) is 3.85. The molecule has 0 amide bonds. The van der Waals surface area contributed by atoms with Gasteiger partial charge < -0.3 is 9.84 Å². The Kier molecular flexibility index (Phi) is 3.62. The fourth-order valence-electron chi connectivity index (χ4n) is 1.83. The number of benzene rings is 1. The Morgan fingerprint density at radius 1 is 1.25 bits per heavy atom. The van der Waals surface area contributed by atoms with Gasteiger partial charge in [-0.05, 0) is 37.3 Å². The number of nitrogens with zero attached hydrogens (tertiary/aromatic N) is 2. The SMILES string of the molecule is CC(O)COc1ccc2nc(-c3ccncc3)sc2c1. The average molecular weight is 286 g/mol. The fourth-order valence-corrected chi connectivity index (χ4v) is 2.83. The highest BCUT2D eigenvalue weighted by Gasteiger charge is 2.07. The van der Waals surface area contributed by atoms with Gasteiger partial charge in [-0.2, -0.15) is 0 Å². The molecule has 0 bridgehead atoms. The summed E-state index contributed by atoms with van der Waals surface area (Å²) in [6.45, 7) is 1.99. The van der Waals surface area contributed by atoms with Crippen molar-refractivity contribution in [1.29, 1.82) is 0 Å². The highest BCUT2D eigenvalue weighted by molar-refractivity contribution is 7.21. The molecule has 2 heterocycles. The quantitative estimate of drug-likeness (QED) is 0.800. The molecular formula is C15H14N2O2S. The molecule has 102 valence electrons. The fraction of sp³-hybridized carbons (Fsp3) is 0.200. The van der Waals surface area contributed by atoms with E-state index in [0.29, 0.717) is 6.61 Å². The van der Waals surface area contributed by atoms with Crippen molar-refractivity contribution in [3.05, 3.63) is 42.7 Å². The van der Waals surface area contributed by atoms with Crippen LogP contribution in [-0.4, -0.2) is 27.8 Å². The molecular weight excluding hydrogens is 272 g/mol. The first kappa shape index (κ1) is 13.0. The van der Waals surface area contributed by atoms with Gasteiger partial charge in [0, 0.05) is 18.0 Å². The molecule has 0 aliphatic heterocycles. The largest absolute Gasteiger partial charge is 0.491 e. The maximum absolute atomic E-state index is 9.24. The van der Waals surface area contributed by atoms with E-state index in [4.69, 9.17) is 4.74 Å². The normalized spacial score (nSPS) is 12.5. The van der Waals surface area contributed by atoms with Crippen LogP contribution in [0.2, 0.25) is 0 Å². The number of pyridine rings is 1. The molecule has 0 saturated heterocycles. The van der Waals surface area contributed by atoms with E-state index in [1.807, 2.05) is 30.3 Å². The van der Waals surface area contributed by atoms with E-state index >= 15 is 0 Å². The number of rotatable bonds is 4. The van der Waals surface area contributed by atoms with Gasteiger partial charge in [0.1, 0.15) is 17.4 Å². The first-order chi connectivity index (χ1) is 9.72. The number of aliphatic hydroxyl groups is 1. The second-order valence-electron chi connectivity index (χ2n) is 4.54. The van der Waals surface area contributed by atoms with Crippen molar-refractivity contribution in [3.63, 3.8) is 0 Å². The van der Waals surface area contributed by atoms with Crippen molar-refractivity contribution in [3.8, 4) is 16.3 Å². The molecule has 3 rings (SSSR count). The maximum atomic E-state index is 9.24. The standard InChI is InChI=1S/C15H14N2O2S/c1-10(18)9-19-12-2-3-13-14(8-12)20-15(17-13)11-4-6-16-7-5-11/h2-8,10,18H,9H2,1H3. The number of fused-ring (bicyclic) bond motifs is 1. The van der Waals surface area contributed by atoms with Crippen LogP contribution in [0.25, 0.3) is 20.8 Å². The van der Waals surface area contributed by atoms with Crippen molar-refractivity contribution < 1.29 is 9.84 Å². The molecule has 1 aromatic carbocycles. The third-order valence-electron chi connectivity index (χ3n) is 2.78. The van der Waals surface area contributed by atoms with Crippen molar-refractivity contribution in [1.82, 2.24) is 9.97 Å². The molecule has 2 aromatic heterocycles. The number of hydrogen-bond acceptors (Lipinski definition) is 5. The Balaban J connectivity index is 1.91. The molecule has 5 heteroatoms. The Bertz CT molecular complexity index is 710. The molecule has 4 nitrogen and oxygen atoms in total. The van der Waals surface area contributed by atoms with Gasteiger partial charge in [0.15, 0.2) is 0 Å². The van der Waals surface area contributed by atoms with Gasteiger partial charge in [0.05, 0.1) is 16.3 Å². The number of aliphatic hydroxyl groups excluding tert-OH is 1. The highest BCUT2D eigenvalue weighted by Crippen LogP contribution is 2.32. The molecule has 20 heavy (non-hydrogen) atoms. The minimum absolute atomic E-state index is 0.293. The molecule has 0 radical (unpaired) electrons. The summed E-state index contributed by atoms with van der Waals surface area (Å²) in [6.07, 6.45) is 3.05. The molecule has 0 saturated carbocycles. The van der Waals surface area contributed by atoms with E-state index in [2.05, 4.69) is 9.97 Å². The van der Waals surface area contributed by atoms with Crippen LogP contribution in [0.3, 0.4) is 0 Å². The van der Waals surface area contributed by atoms with E-state index in [1.54, 1.807) is 30.7 Å². The van der Waals surface area contributed by atoms with Crippen LogP contribution in [0.5, 0.6) is 5.75 Å². The molecule has 0 spiro atoms. The molecule has 3 aromatic rings. The number of hydrogen-bond donors (Lipinski definition) is 1. The Labute approximate surface area is 120 Å². The van der Waals surface area contributed by atoms with Crippen LogP contribution in [0.4, 0.5) is 0 Å². The average Bonchev–Trinajstić information content (AvgIpc) is 2.89. The lowest BCUT2D eigenvalue weighted by Crippen LogP contribution is -2.12. The third kappa shape index (κ3) is 2.79. The Hall–Kier alpha value is -1.98. The van der Waals surface area contributed by atoms with Crippen molar-refractivity contribution in [2.24, 2.45) is 0 Å². The van der Waals surface area contributed by atoms with E-state index < -0.39 is 6.10 Å².